The first-order valence-corrected chi connectivity index (χ1v) is 9.98. The molecule has 1 aromatic carbocycles. The number of aryl methyl sites for hydroxylation is 1. The molecule has 4 heterocycles. The van der Waals surface area contributed by atoms with Crippen molar-refractivity contribution in [2.45, 2.75) is 32.7 Å². The van der Waals surface area contributed by atoms with E-state index in [0.29, 0.717) is 29.9 Å². The minimum absolute atomic E-state index is 0.0442. The molecule has 0 spiro atoms. The van der Waals surface area contributed by atoms with E-state index in [2.05, 4.69) is 15.4 Å². The van der Waals surface area contributed by atoms with Crippen LogP contribution in [0.5, 0.6) is 0 Å². The SMILES string of the molecule is Cc1c(F)ccc2cc([C@H](C)Nc3ccnc4ccnn34)c(N3CCCC3=O)nc12. The lowest BCUT2D eigenvalue weighted by atomic mass is 10.0. The quantitative estimate of drug-likeness (QED) is 0.556. The minimum Gasteiger partial charge on any atom is -0.363 e. The molecule has 5 rings (SSSR count). The first-order chi connectivity index (χ1) is 14.5. The van der Waals surface area contributed by atoms with E-state index < -0.39 is 0 Å². The van der Waals surface area contributed by atoms with Crippen LogP contribution < -0.4 is 10.2 Å². The van der Waals surface area contributed by atoms with Crippen LogP contribution in [-0.2, 0) is 4.79 Å². The number of nitrogens with one attached hydrogen (secondary N) is 1. The van der Waals surface area contributed by atoms with E-state index in [-0.39, 0.29) is 17.8 Å². The second-order valence-electron chi connectivity index (χ2n) is 7.59. The van der Waals surface area contributed by atoms with Gasteiger partial charge in [0.2, 0.25) is 5.91 Å². The van der Waals surface area contributed by atoms with Crippen molar-refractivity contribution in [3.8, 4) is 0 Å². The molecule has 0 radical (unpaired) electrons. The average molecular weight is 404 g/mol. The summed E-state index contributed by atoms with van der Waals surface area (Å²) in [5.41, 5.74) is 2.68. The van der Waals surface area contributed by atoms with Gasteiger partial charge in [0.05, 0.1) is 17.8 Å². The van der Waals surface area contributed by atoms with Gasteiger partial charge in [-0.3, -0.25) is 9.69 Å². The Labute approximate surface area is 172 Å². The number of carbonyl (C=O) groups is 1. The van der Waals surface area contributed by atoms with Gasteiger partial charge in [-0.2, -0.15) is 9.61 Å². The zero-order chi connectivity index (χ0) is 20.8. The van der Waals surface area contributed by atoms with Crippen LogP contribution in [-0.4, -0.2) is 32.0 Å². The fraction of sp³-hybridized carbons (Fsp3) is 0.273. The van der Waals surface area contributed by atoms with Crippen LogP contribution in [0.25, 0.3) is 16.6 Å². The maximum absolute atomic E-state index is 14.2. The Hall–Kier alpha value is -3.55. The van der Waals surface area contributed by atoms with E-state index in [1.54, 1.807) is 34.8 Å². The molecule has 0 saturated carbocycles. The molecule has 1 N–H and O–H groups in total. The number of halogens is 1. The monoisotopic (exact) mass is 404 g/mol. The predicted octanol–water partition coefficient (Wildman–Crippen LogP) is 4.02. The molecule has 152 valence electrons. The number of aromatic nitrogens is 4. The maximum atomic E-state index is 14.2. The third-order valence-corrected chi connectivity index (χ3v) is 5.63. The van der Waals surface area contributed by atoms with Crippen molar-refractivity contribution in [3.05, 3.63) is 59.7 Å². The molecule has 1 fully saturated rings. The van der Waals surface area contributed by atoms with Crippen LogP contribution in [0.2, 0.25) is 0 Å². The van der Waals surface area contributed by atoms with Crippen LogP contribution in [0.4, 0.5) is 16.0 Å². The first-order valence-electron chi connectivity index (χ1n) is 9.98. The summed E-state index contributed by atoms with van der Waals surface area (Å²) in [5.74, 6) is 1.12. The number of anilines is 2. The van der Waals surface area contributed by atoms with Crippen molar-refractivity contribution in [1.29, 1.82) is 0 Å². The van der Waals surface area contributed by atoms with Gasteiger partial charge in [0.15, 0.2) is 5.65 Å². The topological polar surface area (TPSA) is 75.4 Å². The molecule has 1 atom stereocenters. The van der Waals surface area contributed by atoms with Crippen molar-refractivity contribution in [2.24, 2.45) is 0 Å². The number of hydrogen-bond donors (Lipinski definition) is 1. The summed E-state index contributed by atoms with van der Waals surface area (Å²) in [6.07, 6.45) is 4.71. The Balaban J connectivity index is 1.63. The van der Waals surface area contributed by atoms with E-state index in [0.717, 1.165) is 28.8 Å². The van der Waals surface area contributed by atoms with E-state index in [4.69, 9.17) is 4.98 Å². The molecule has 8 heteroatoms. The summed E-state index contributed by atoms with van der Waals surface area (Å²) >= 11 is 0. The number of benzene rings is 1. The van der Waals surface area contributed by atoms with Crippen molar-refractivity contribution >= 4 is 34.1 Å². The lowest BCUT2D eigenvalue weighted by Gasteiger charge is -2.24. The Morgan fingerprint density at radius 3 is 2.87 bits per heavy atom. The molecule has 7 nitrogen and oxygen atoms in total. The van der Waals surface area contributed by atoms with Gasteiger partial charge in [0, 0.05) is 41.7 Å². The first kappa shape index (κ1) is 18.5. The molecule has 30 heavy (non-hydrogen) atoms. The highest BCUT2D eigenvalue weighted by molar-refractivity contribution is 5.97. The third kappa shape index (κ3) is 2.96. The predicted molar refractivity (Wildman–Crippen MR) is 113 cm³/mol. The highest BCUT2D eigenvalue weighted by Crippen LogP contribution is 2.34. The minimum atomic E-state index is -0.300. The van der Waals surface area contributed by atoms with Crippen molar-refractivity contribution in [2.75, 3.05) is 16.8 Å². The molecule has 0 bridgehead atoms. The lowest BCUT2D eigenvalue weighted by molar-refractivity contribution is -0.117. The number of pyridine rings is 1. The van der Waals surface area contributed by atoms with Gasteiger partial charge in [0.25, 0.3) is 0 Å². The molecule has 1 amide bonds. The smallest absolute Gasteiger partial charge is 0.228 e. The third-order valence-electron chi connectivity index (χ3n) is 5.63. The lowest BCUT2D eigenvalue weighted by Crippen LogP contribution is -2.27. The average Bonchev–Trinajstić information content (AvgIpc) is 3.39. The van der Waals surface area contributed by atoms with Crippen molar-refractivity contribution in [3.63, 3.8) is 0 Å². The van der Waals surface area contributed by atoms with E-state index in [1.165, 1.54) is 6.07 Å². The van der Waals surface area contributed by atoms with Crippen LogP contribution in [0.1, 0.15) is 36.9 Å². The Morgan fingerprint density at radius 1 is 1.20 bits per heavy atom. The summed E-state index contributed by atoms with van der Waals surface area (Å²) in [6.45, 7) is 4.34. The number of nitrogens with zero attached hydrogens (tertiary/aromatic N) is 5. The molecule has 4 aromatic rings. The van der Waals surface area contributed by atoms with Crippen LogP contribution >= 0.6 is 0 Å². The number of fused-ring (bicyclic) bond motifs is 2. The molecule has 1 aliphatic heterocycles. The summed E-state index contributed by atoms with van der Waals surface area (Å²) in [4.78, 5) is 23.3. The van der Waals surface area contributed by atoms with Crippen LogP contribution in [0, 0.1) is 12.7 Å². The Bertz CT molecular complexity index is 1280. The van der Waals surface area contributed by atoms with Crippen molar-refractivity contribution in [1.82, 2.24) is 19.6 Å². The second-order valence-corrected chi connectivity index (χ2v) is 7.59. The van der Waals surface area contributed by atoms with Crippen LogP contribution in [0.3, 0.4) is 0 Å². The van der Waals surface area contributed by atoms with Gasteiger partial charge < -0.3 is 5.32 Å². The van der Waals surface area contributed by atoms with Gasteiger partial charge in [0.1, 0.15) is 17.5 Å². The normalized spacial score (nSPS) is 15.3. The fourth-order valence-electron chi connectivity index (χ4n) is 4.01. The number of hydrogen-bond acceptors (Lipinski definition) is 5. The molecule has 1 saturated heterocycles. The summed E-state index contributed by atoms with van der Waals surface area (Å²) < 4.78 is 15.9. The molecule has 3 aromatic heterocycles. The van der Waals surface area contributed by atoms with Crippen LogP contribution in [0.15, 0.2) is 42.7 Å². The fourth-order valence-corrected chi connectivity index (χ4v) is 4.01. The maximum Gasteiger partial charge on any atom is 0.228 e. The van der Waals surface area contributed by atoms with Gasteiger partial charge in [-0.05, 0) is 44.5 Å². The van der Waals surface area contributed by atoms with E-state index in [9.17, 15) is 9.18 Å². The molecule has 0 unspecified atom stereocenters. The standard InChI is InChI=1S/C22H21FN6O/c1-13-17(23)6-5-15-12-16(22(27-21(13)15)28-11-3-4-20(28)30)14(2)26-19-7-9-24-18-8-10-25-29(18)19/h5-10,12,14,26H,3-4,11H2,1-2H3/t14-/m0/s1. The number of rotatable bonds is 4. The second kappa shape index (κ2) is 7.05. The molecular formula is C22H21FN6O. The highest BCUT2D eigenvalue weighted by Gasteiger charge is 2.28. The Kier molecular flexibility index (Phi) is 4.34. The zero-order valence-electron chi connectivity index (χ0n) is 16.8. The van der Waals surface area contributed by atoms with E-state index >= 15 is 0 Å². The van der Waals surface area contributed by atoms with Gasteiger partial charge in [-0.1, -0.05) is 0 Å². The summed E-state index contributed by atoms with van der Waals surface area (Å²) in [5, 5.41) is 8.62. The van der Waals surface area contributed by atoms with Gasteiger partial charge in [-0.15, -0.1) is 0 Å². The summed E-state index contributed by atoms with van der Waals surface area (Å²) in [7, 11) is 0. The molecule has 0 aliphatic carbocycles. The number of amides is 1. The van der Waals surface area contributed by atoms with Gasteiger partial charge >= 0.3 is 0 Å². The highest BCUT2D eigenvalue weighted by atomic mass is 19.1. The van der Waals surface area contributed by atoms with Crippen molar-refractivity contribution < 1.29 is 9.18 Å². The number of carbonyl (C=O) groups excluding carboxylic acids is 1. The Morgan fingerprint density at radius 2 is 2.07 bits per heavy atom. The molecular weight excluding hydrogens is 383 g/mol. The molecule has 1 aliphatic rings. The zero-order valence-corrected chi connectivity index (χ0v) is 16.8. The largest absolute Gasteiger partial charge is 0.363 e. The van der Waals surface area contributed by atoms with Gasteiger partial charge in [-0.25, -0.2) is 14.4 Å². The summed E-state index contributed by atoms with van der Waals surface area (Å²) in [6, 6.07) is 8.69. The van der Waals surface area contributed by atoms with E-state index in [1.807, 2.05) is 25.1 Å².